The third-order valence-electron chi connectivity index (χ3n) is 3.98. The minimum atomic E-state index is -0.314. The number of anilines is 1. The summed E-state index contributed by atoms with van der Waals surface area (Å²) in [5, 5.41) is 5.74. The lowest BCUT2D eigenvalue weighted by atomic mass is 10.2. The van der Waals surface area contributed by atoms with Crippen LogP contribution in [0, 0.1) is 11.7 Å². The van der Waals surface area contributed by atoms with Gasteiger partial charge in [-0.1, -0.05) is 12.1 Å². The molecule has 0 saturated heterocycles. The lowest BCUT2D eigenvalue weighted by Crippen LogP contribution is -2.32. The zero-order chi connectivity index (χ0) is 16.9. The molecule has 2 N–H and O–H groups in total. The molecule has 1 amide bonds. The molecule has 1 aliphatic rings. The van der Waals surface area contributed by atoms with Gasteiger partial charge in [-0.25, -0.2) is 4.39 Å². The molecular weight excluding hydrogens is 345 g/mol. The van der Waals surface area contributed by atoms with Crippen molar-refractivity contribution in [3.8, 4) is 0 Å². The van der Waals surface area contributed by atoms with E-state index in [4.69, 9.17) is 0 Å². The van der Waals surface area contributed by atoms with Gasteiger partial charge in [-0.2, -0.15) is 0 Å². The van der Waals surface area contributed by atoms with Crippen LogP contribution in [-0.2, 0) is 11.3 Å². The highest BCUT2D eigenvalue weighted by atomic mass is 35.5. The van der Waals surface area contributed by atoms with Gasteiger partial charge in [-0.15, -0.1) is 12.4 Å². The van der Waals surface area contributed by atoms with Crippen LogP contribution < -0.4 is 16.2 Å². The van der Waals surface area contributed by atoms with E-state index in [1.54, 1.807) is 30.5 Å². The van der Waals surface area contributed by atoms with Crippen molar-refractivity contribution >= 4 is 24.0 Å². The standard InChI is InChI=1S/C18H20FN3O2.ClH/c19-15-7-5-14(6-8-15)12-22-9-1-2-16(18(22)24)21-17(23)11-20-10-13-3-4-13;/h1-2,5-9,13,20H,3-4,10-12H2,(H,21,23);1H. The maximum atomic E-state index is 12.9. The highest BCUT2D eigenvalue weighted by molar-refractivity contribution is 5.92. The molecule has 0 bridgehead atoms. The van der Waals surface area contributed by atoms with Crippen LogP contribution in [0.3, 0.4) is 0 Å². The number of benzene rings is 1. The number of halogens is 2. The van der Waals surface area contributed by atoms with E-state index in [0.717, 1.165) is 12.1 Å². The molecule has 2 aromatic rings. The van der Waals surface area contributed by atoms with Crippen molar-refractivity contribution in [3.05, 3.63) is 64.3 Å². The van der Waals surface area contributed by atoms with Crippen LogP contribution in [0.1, 0.15) is 18.4 Å². The highest BCUT2D eigenvalue weighted by Gasteiger charge is 2.20. The summed E-state index contributed by atoms with van der Waals surface area (Å²) in [5.41, 5.74) is 0.781. The molecule has 134 valence electrons. The lowest BCUT2D eigenvalue weighted by Gasteiger charge is -2.10. The van der Waals surface area contributed by atoms with Crippen LogP contribution in [0.5, 0.6) is 0 Å². The number of carbonyl (C=O) groups is 1. The number of hydrogen-bond acceptors (Lipinski definition) is 3. The molecule has 0 unspecified atom stereocenters. The number of pyridine rings is 1. The Kier molecular flexibility index (Phi) is 6.73. The first-order valence-electron chi connectivity index (χ1n) is 8.06. The van der Waals surface area contributed by atoms with E-state index in [-0.39, 0.29) is 41.9 Å². The average Bonchev–Trinajstić information content (AvgIpc) is 3.38. The monoisotopic (exact) mass is 365 g/mol. The van der Waals surface area contributed by atoms with Gasteiger partial charge in [-0.3, -0.25) is 9.59 Å². The van der Waals surface area contributed by atoms with Crippen molar-refractivity contribution in [1.29, 1.82) is 0 Å². The maximum Gasteiger partial charge on any atom is 0.274 e. The molecule has 25 heavy (non-hydrogen) atoms. The van der Waals surface area contributed by atoms with Crippen molar-refractivity contribution in [3.63, 3.8) is 0 Å². The molecule has 7 heteroatoms. The first-order chi connectivity index (χ1) is 11.6. The first kappa shape index (κ1) is 19.1. The summed E-state index contributed by atoms with van der Waals surface area (Å²) in [6.07, 6.45) is 4.09. The summed E-state index contributed by atoms with van der Waals surface area (Å²) in [5.74, 6) is 0.153. The van der Waals surface area contributed by atoms with E-state index in [2.05, 4.69) is 10.6 Å². The van der Waals surface area contributed by atoms with E-state index in [1.165, 1.54) is 29.5 Å². The van der Waals surface area contributed by atoms with E-state index < -0.39 is 0 Å². The molecule has 0 spiro atoms. The molecule has 1 aromatic heterocycles. The van der Waals surface area contributed by atoms with Gasteiger partial charge in [0.25, 0.3) is 5.56 Å². The third-order valence-corrected chi connectivity index (χ3v) is 3.98. The van der Waals surface area contributed by atoms with Gasteiger partial charge >= 0.3 is 0 Å². The Bertz CT molecular complexity index is 773. The largest absolute Gasteiger partial charge is 0.320 e. The molecular formula is C18H21ClFN3O2. The quantitative estimate of drug-likeness (QED) is 0.792. The topological polar surface area (TPSA) is 63.1 Å². The van der Waals surface area contributed by atoms with Crippen molar-refractivity contribution in [2.24, 2.45) is 5.92 Å². The number of carbonyl (C=O) groups excluding carboxylic acids is 1. The predicted molar refractivity (Wildman–Crippen MR) is 97.7 cm³/mol. The Hall–Kier alpha value is -2.18. The SMILES string of the molecule is Cl.O=C(CNCC1CC1)Nc1cccn(Cc2ccc(F)cc2)c1=O. The number of nitrogens with zero attached hydrogens (tertiary/aromatic N) is 1. The molecule has 0 radical (unpaired) electrons. The normalized spacial score (nSPS) is 13.2. The summed E-state index contributed by atoms with van der Waals surface area (Å²) < 4.78 is 14.4. The summed E-state index contributed by atoms with van der Waals surface area (Å²) in [7, 11) is 0. The second-order valence-electron chi connectivity index (χ2n) is 6.10. The number of amides is 1. The van der Waals surface area contributed by atoms with Gasteiger partial charge in [0.2, 0.25) is 5.91 Å². The second kappa shape index (κ2) is 8.78. The minimum Gasteiger partial charge on any atom is -0.320 e. The van der Waals surface area contributed by atoms with Crippen LogP contribution in [-0.4, -0.2) is 23.6 Å². The van der Waals surface area contributed by atoms with Crippen LogP contribution in [0.15, 0.2) is 47.4 Å². The zero-order valence-electron chi connectivity index (χ0n) is 13.7. The molecule has 1 heterocycles. The molecule has 5 nitrogen and oxygen atoms in total. The summed E-state index contributed by atoms with van der Waals surface area (Å²) in [6.45, 7) is 1.36. The smallest absolute Gasteiger partial charge is 0.274 e. The fourth-order valence-corrected chi connectivity index (χ4v) is 2.45. The number of rotatable bonds is 7. The first-order valence-corrected chi connectivity index (χ1v) is 8.06. The number of nitrogens with one attached hydrogen (secondary N) is 2. The molecule has 1 saturated carbocycles. The average molecular weight is 366 g/mol. The fraction of sp³-hybridized carbons (Fsp3) is 0.333. The van der Waals surface area contributed by atoms with Crippen LogP contribution >= 0.6 is 12.4 Å². The number of hydrogen-bond donors (Lipinski definition) is 2. The minimum absolute atomic E-state index is 0. The Balaban J connectivity index is 0.00000225. The lowest BCUT2D eigenvalue weighted by molar-refractivity contribution is -0.115. The maximum absolute atomic E-state index is 12.9. The van der Waals surface area contributed by atoms with E-state index >= 15 is 0 Å². The van der Waals surface area contributed by atoms with Gasteiger partial charge in [0.1, 0.15) is 11.5 Å². The summed E-state index contributed by atoms with van der Waals surface area (Å²) in [4.78, 5) is 24.3. The molecule has 0 atom stereocenters. The van der Waals surface area contributed by atoms with Gasteiger partial charge < -0.3 is 15.2 Å². The van der Waals surface area contributed by atoms with Crippen LogP contribution in [0.2, 0.25) is 0 Å². The summed E-state index contributed by atoms with van der Waals surface area (Å²) >= 11 is 0. The molecule has 0 aliphatic heterocycles. The Labute approximate surface area is 151 Å². The Morgan fingerprint density at radius 2 is 1.92 bits per heavy atom. The van der Waals surface area contributed by atoms with E-state index in [9.17, 15) is 14.0 Å². The number of aromatic nitrogens is 1. The summed E-state index contributed by atoms with van der Waals surface area (Å²) in [6, 6.07) is 9.28. The fourth-order valence-electron chi connectivity index (χ4n) is 2.45. The van der Waals surface area contributed by atoms with Gasteiger partial charge in [-0.05, 0) is 55.1 Å². The van der Waals surface area contributed by atoms with Crippen LogP contribution in [0.25, 0.3) is 0 Å². The molecule has 1 aliphatic carbocycles. The van der Waals surface area contributed by atoms with Gasteiger partial charge in [0.15, 0.2) is 0 Å². The molecule has 1 fully saturated rings. The third kappa shape index (κ3) is 5.69. The van der Waals surface area contributed by atoms with E-state index in [0.29, 0.717) is 12.5 Å². The van der Waals surface area contributed by atoms with Gasteiger partial charge in [0.05, 0.1) is 13.1 Å². The molecule has 3 rings (SSSR count). The van der Waals surface area contributed by atoms with Crippen LogP contribution in [0.4, 0.5) is 10.1 Å². The zero-order valence-corrected chi connectivity index (χ0v) is 14.5. The van der Waals surface area contributed by atoms with Crippen molar-refractivity contribution in [2.75, 3.05) is 18.4 Å². The van der Waals surface area contributed by atoms with Crippen molar-refractivity contribution in [2.45, 2.75) is 19.4 Å². The Morgan fingerprint density at radius 3 is 2.60 bits per heavy atom. The highest BCUT2D eigenvalue weighted by Crippen LogP contribution is 2.27. The van der Waals surface area contributed by atoms with Crippen molar-refractivity contribution < 1.29 is 9.18 Å². The van der Waals surface area contributed by atoms with Crippen molar-refractivity contribution in [1.82, 2.24) is 9.88 Å². The second-order valence-corrected chi connectivity index (χ2v) is 6.10. The van der Waals surface area contributed by atoms with E-state index in [1.807, 2.05) is 0 Å². The predicted octanol–water partition coefficient (Wildman–Crippen LogP) is 2.40. The molecule has 1 aromatic carbocycles. The van der Waals surface area contributed by atoms with Gasteiger partial charge in [0, 0.05) is 6.20 Å². The Morgan fingerprint density at radius 1 is 1.20 bits per heavy atom.